The van der Waals surface area contributed by atoms with Gasteiger partial charge in [0.1, 0.15) is 29.9 Å². The molecule has 0 amide bonds. The molecular weight excluding hydrogens is 490 g/mol. The minimum Gasteiger partial charge on any atom is -0.472 e. The summed E-state index contributed by atoms with van der Waals surface area (Å²) in [6.07, 6.45) is 7.49. The lowest BCUT2D eigenvalue weighted by atomic mass is 10.2. The van der Waals surface area contributed by atoms with E-state index in [1.807, 2.05) is 40.7 Å². The molecule has 0 saturated carbocycles. The van der Waals surface area contributed by atoms with E-state index in [4.69, 9.17) is 13.4 Å². The van der Waals surface area contributed by atoms with Gasteiger partial charge in [-0.05, 0) is 62.3 Å². The van der Waals surface area contributed by atoms with Crippen LogP contribution in [-0.4, -0.2) is 25.5 Å². The van der Waals surface area contributed by atoms with Crippen LogP contribution in [0.2, 0.25) is 0 Å². The molecule has 5 rings (SSSR count). The van der Waals surface area contributed by atoms with Crippen molar-refractivity contribution in [2.24, 2.45) is 0 Å². The summed E-state index contributed by atoms with van der Waals surface area (Å²) in [4.78, 5) is 25.4. The van der Waals surface area contributed by atoms with Crippen LogP contribution < -0.4 is 10.9 Å². The Morgan fingerprint density at radius 2 is 1.37 bits per heavy atom. The molecule has 0 radical (unpaired) electrons. The van der Waals surface area contributed by atoms with Crippen LogP contribution in [0.25, 0.3) is 0 Å². The summed E-state index contributed by atoms with van der Waals surface area (Å²) in [6.45, 7) is 16.5. The normalized spacial score (nSPS) is 9.39. The molecule has 1 N–H and O–H groups in total. The molecule has 0 unspecified atom stereocenters. The van der Waals surface area contributed by atoms with E-state index >= 15 is 0 Å². The highest BCUT2D eigenvalue weighted by atomic mass is 16.5. The molecule has 38 heavy (non-hydrogen) atoms. The second-order valence-corrected chi connectivity index (χ2v) is 8.34. The maximum atomic E-state index is 10.9. The summed E-state index contributed by atoms with van der Waals surface area (Å²) in [5.41, 5.74) is 5.11. The Hall–Kier alpha value is -4.54. The number of H-pyrrole nitrogens is 1. The molecule has 11 heteroatoms. The van der Waals surface area contributed by atoms with E-state index in [0.29, 0.717) is 22.5 Å². The number of nitrogens with zero attached hydrogens (tertiary/aromatic N) is 4. The third kappa shape index (κ3) is 12.4. The van der Waals surface area contributed by atoms with Crippen molar-refractivity contribution in [2.75, 3.05) is 0 Å². The lowest BCUT2D eigenvalue weighted by molar-refractivity contribution is 0.393. The van der Waals surface area contributed by atoms with Crippen LogP contribution in [0.1, 0.15) is 51.0 Å². The SMILES string of the molecule is Cc1cc(=O)c(C)co1.Cc1cc(C)on1.Cc1cocc(C)c1=O.Cc1conc1C.Cc1ncn[nH]1. The van der Waals surface area contributed by atoms with Gasteiger partial charge in [0, 0.05) is 34.4 Å². The van der Waals surface area contributed by atoms with Crippen molar-refractivity contribution in [2.45, 2.75) is 62.3 Å². The molecule has 0 atom stereocenters. The zero-order valence-corrected chi connectivity index (χ0v) is 23.3. The van der Waals surface area contributed by atoms with E-state index in [9.17, 15) is 9.59 Å². The first-order chi connectivity index (χ1) is 17.9. The molecule has 0 fully saturated rings. The lowest BCUT2D eigenvalue weighted by Gasteiger charge is -1.89. The Morgan fingerprint density at radius 1 is 0.711 bits per heavy atom. The fraction of sp³-hybridized carbons (Fsp3) is 0.333. The Labute approximate surface area is 220 Å². The highest BCUT2D eigenvalue weighted by molar-refractivity contribution is 5.13. The Morgan fingerprint density at radius 3 is 1.63 bits per heavy atom. The minimum atomic E-state index is 0.0405. The van der Waals surface area contributed by atoms with Crippen LogP contribution in [0.15, 0.2) is 71.0 Å². The summed E-state index contributed by atoms with van der Waals surface area (Å²) in [5.74, 6) is 2.39. The summed E-state index contributed by atoms with van der Waals surface area (Å²) in [6, 6.07) is 3.37. The third-order valence-corrected chi connectivity index (χ3v) is 4.62. The summed E-state index contributed by atoms with van der Waals surface area (Å²) < 4.78 is 19.1. The van der Waals surface area contributed by atoms with Gasteiger partial charge in [-0.3, -0.25) is 14.7 Å². The highest BCUT2D eigenvalue weighted by Crippen LogP contribution is 1.99. The standard InChI is InChI=1S/2C7H8O2.2C5H7NO.C3H5N3/c1-5-4-9-6(2)3-7(5)8;1-5-3-9-4-6(2)7(5)8;1-4-3-7-6-5(4)2;1-4-3-5(2)7-6-4;1-3-4-2-5-6-3/h2*3-4H,1-2H3;2*3H,1-2H3;2H,1H3,(H,4,5,6). The average Bonchev–Trinajstić information content (AvgIpc) is 3.60. The van der Waals surface area contributed by atoms with Crippen molar-refractivity contribution in [3.63, 3.8) is 0 Å². The van der Waals surface area contributed by atoms with Gasteiger partial charge >= 0.3 is 0 Å². The molecule has 11 nitrogen and oxygen atoms in total. The van der Waals surface area contributed by atoms with Crippen molar-refractivity contribution < 1.29 is 17.9 Å². The summed E-state index contributed by atoms with van der Waals surface area (Å²) in [5, 5.41) is 13.5. The number of rotatable bonds is 0. The second kappa shape index (κ2) is 16.3. The second-order valence-electron chi connectivity index (χ2n) is 8.34. The Bertz CT molecular complexity index is 1410. The first-order valence-corrected chi connectivity index (χ1v) is 11.6. The van der Waals surface area contributed by atoms with Gasteiger partial charge in [-0.1, -0.05) is 10.3 Å². The lowest BCUT2D eigenvalue weighted by Crippen LogP contribution is -2.06. The van der Waals surface area contributed by atoms with E-state index in [0.717, 1.165) is 28.5 Å². The van der Waals surface area contributed by atoms with E-state index in [1.165, 1.54) is 31.2 Å². The minimum absolute atomic E-state index is 0.0405. The quantitative estimate of drug-likeness (QED) is 0.285. The van der Waals surface area contributed by atoms with Crippen LogP contribution in [0.4, 0.5) is 0 Å². The van der Waals surface area contributed by atoms with Gasteiger partial charge in [-0.2, -0.15) is 5.10 Å². The molecule has 0 aliphatic rings. The van der Waals surface area contributed by atoms with Gasteiger partial charge in [-0.25, -0.2) is 4.98 Å². The maximum absolute atomic E-state index is 10.9. The molecule has 204 valence electrons. The third-order valence-electron chi connectivity index (χ3n) is 4.62. The monoisotopic (exact) mass is 525 g/mol. The van der Waals surface area contributed by atoms with Crippen LogP contribution in [0, 0.1) is 62.3 Å². The van der Waals surface area contributed by atoms with Crippen molar-refractivity contribution in [1.29, 1.82) is 0 Å². The molecule has 0 saturated heterocycles. The van der Waals surface area contributed by atoms with E-state index in [2.05, 4.69) is 30.0 Å². The molecule has 5 heterocycles. The van der Waals surface area contributed by atoms with Gasteiger partial charge in [0.05, 0.1) is 30.2 Å². The number of hydrogen-bond acceptors (Lipinski definition) is 10. The molecule has 0 aliphatic carbocycles. The van der Waals surface area contributed by atoms with Crippen LogP contribution in [0.5, 0.6) is 0 Å². The van der Waals surface area contributed by atoms with Crippen LogP contribution in [0.3, 0.4) is 0 Å². The van der Waals surface area contributed by atoms with Crippen molar-refractivity contribution in [1.82, 2.24) is 25.5 Å². The van der Waals surface area contributed by atoms with Crippen molar-refractivity contribution in [3.8, 4) is 0 Å². The van der Waals surface area contributed by atoms with Gasteiger partial charge in [-0.15, -0.1) is 0 Å². The molecule has 0 bridgehead atoms. The van der Waals surface area contributed by atoms with Gasteiger partial charge < -0.3 is 17.9 Å². The van der Waals surface area contributed by atoms with Crippen LogP contribution >= 0.6 is 0 Å². The molecule has 0 aliphatic heterocycles. The van der Waals surface area contributed by atoms with E-state index in [-0.39, 0.29) is 10.9 Å². The fourth-order valence-electron chi connectivity index (χ4n) is 2.33. The number of aryl methyl sites for hydroxylation is 9. The molecule has 0 spiro atoms. The Balaban J connectivity index is 0.000000239. The molecule has 5 aromatic rings. The molecular formula is C27H35N5O6. The maximum Gasteiger partial charge on any atom is 0.190 e. The predicted octanol–water partition coefficient (Wildman–Crippen LogP) is 5.21. The summed E-state index contributed by atoms with van der Waals surface area (Å²) in [7, 11) is 0. The molecule has 5 aromatic heterocycles. The smallest absolute Gasteiger partial charge is 0.190 e. The largest absolute Gasteiger partial charge is 0.472 e. The number of nitrogens with one attached hydrogen (secondary N) is 1. The van der Waals surface area contributed by atoms with Crippen molar-refractivity contribution in [3.05, 3.63) is 115 Å². The molecule has 0 aromatic carbocycles. The van der Waals surface area contributed by atoms with Gasteiger partial charge in [0.25, 0.3) is 0 Å². The average molecular weight is 526 g/mol. The zero-order chi connectivity index (χ0) is 28.7. The Kier molecular flexibility index (Phi) is 13.5. The fourth-order valence-corrected chi connectivity index (χ4v) is 2.33. The topological polar surface area (TPSA) is 154 Å². The van der Waals surface area contributed by atoms with E-state index < -0.39 is 0 Å². The first-order valence-electron chi connectivity index (χ1n) is 11.6. The van der Waals surface area contributed by atoms with Gasteiger partial charge in [0.15, 0.2) is 10.9 Å². The highest BCUT2D eigenvalue weighted by Gasteiger charge is 1.95. The van der Waals surface area contributed by atoms with Crippen molar-refractivity contribution >= 4 is 0 Å². The predicted molar refractivity (Wildman–Crippen MR) is 142 cm³/mol. The van der Waals surface area contributed by atoms with Crippen LogP contribution in [-0.2, 0) is 0 Å². The number of aromatic amines is 1. The zero-order valence-electron chi connectivity index (χ0n) is 23.3. The number of hydrogen-bond donors (Lipinski definition) is 1. The van der Waals surface area contributed by atoms with E-state index in [1.54, 1.807) is 34.0 Å². The van der Waals surface area contributed by atoms with Gasteiger partial charge in [0.2, 0.25) is 0 Å². The first kappa shape index (κ1) is 31.5. The number of aromatic nitrogens is 5. The summed E-state index contributed by atoms with van der Waals surface area (Å²) >= 11 is 0.